The van der Waals surface area contributed by atoms with Crippen molar-refractivity contribution in [2.24, 2.45) is 0 Å². The SMILES string of the molecule is COc1cccc(-c2cnn3c(NCc4ccccn4)ccnc23)c1. The van der Waals surface area contributed by atoms with Crippen molar-refractivity contribution in [2.75, 3.05) is 12.4 Å². The second-order valence-electron chi connectivity index (χ2n) is 5.53. The molecule has 0 aliphatic heterocycles. The highest BCUT2D eigenvalue weighted by Crippen LogP contribution is 2.27. The van der Waals surface area contributed by atoms with E-state index in [1.54, 1.807) is 24.0 Å². The number of fused-ring (bicyclic) bond motifs is 1. The van der Waals surface area contributed by atoms with Gasteiger partial charge in [0, 0.05) is 18.0 Å². The van der Waals surface area contributed by atoms with Crippen molar-refractivity contribution in [3.05, 3.63) is 72.8 Å². The fourth-order valence-corrected chi connectivity index (χ4v) is 2.70. The number of hydrogen-bond donors (Lipinski definition) is 1. The zero-order valence-electron chi connectivity index (χ0n) is 13.8. The number of methoxy groups -OCH3 is 1. The minimum atomic E-state index is 0.619. The van der Waals surface area contributed by atoms with Crippen LogP contribution in [0.2, 0.25) is 0 Å². The minimum absolute atomic E-state index is 0.619. The van der Waals surface area contributed by atoms with Gasteiger partial charge in [0.2, 0.25) is 0 Å². The van der Waals surface area contributed by atoms with E-state index in [9.17, 15) is 0 Å². The second kappa shape index (κ2) is 6.60. The number of anilines is 1. The highest BCUT2D eigenvalue weighted by molar-refractivity contribution is 5.78. The Morgan fingerprint density at radius 2 is 2.00 bits per heavy atom. The van der Waals surface area contributed by atoms with E-state index in [4.69, 9.17) is 4.74 Å². The Hall–Kier alpha value is -3.41. The van der Waals surface area contributed by atoms with Gasteiger partial charge in [-0.3, -0.25) is 4.98 Å². The number of rotatable bonds is 5. The van der Waals surface area contributed by atoms with Gasteiger partial charge in [-0.15, -0.1) is 0 Å². The van der Waals surface area contributed by atoms with Crippen molar-refractivity contribution in [3.63, 3.8) is 0 Å². The van der Waals surface area contributed by atoms with Crippen LogP contribution in [0.15, 0.2) is 67.1 Å². The second-order valence-corrected chi connectivity index (χ2v) is 5.53. The molecule has 1 N–H and O–H groups in total. The van der Waals surface area contributed by atoms with Gasteiger partial charge in [-0.25, -0.2) is 4.98 Å². The van der Waals surface area contributed by atoms with E-state index in [0.717, 1.165) is 34.0 Å². The number of nitrogens with one attached hydrogen (secondary N) is 1. The van der Waals surface area contributed by atoms with Gasteiger partial charge in [0.15, 0.2) is 5.65 Å². The summed E-state index contributed by atoms with van der Waals surface area (Å²) < 4.78 is 7.11. The molecule has 0 spiro atoms. The van der Waals surface area contributed by atoms with Gasteiger partial charge >= 0.3 is 0 Å². The maximum atomic E-state index is 5.31. The van der Waals surface area contributed by atoms with Crippen molar-refractivity contribution in [2.45, 2.75) is 6.54 Å². The lowest BCUT2D eigenvalue weighted by Crippen LogP contribution is -2.06. The van der Waals surface area contributed by atoms with Crippen LogP contribution in [0.4, 0.5) is 5.82 Å². The quantitative estimate of drug-likeness (QED) is 0.607. The van der Waals surface area contributed by atoms with Gasteiger partial charge in [-0.1, -0.05) is 18.2 Å². The molecule has 0 saturated carbocycles. The third-order valence-corrected chi connectivity index (χ3v) is 3.96. The molecule has 1 aromatic carbocycles. The van der Waals surface area contributed by atoms with Gasteiger partial charge in [-0.2, -0.15) is 9.61 Å². The first kappa shape index (κ1) is 15.1. The number of benzene rings is 1. The molecule has 124 valence electrons. The number of pyridine rings is 1. The molecule has 0 atom stereocenters. The summed E-state index contributed by atoms with van der Waals surface area (Å²) in [6.45, 7) is 0.619. The largest absolute Gasteiger partial charge is 0.497 e. The van der Waals surface area contributed by atoms with Crippen LogP contribution in [0, 0.1) is 0 Å². The fraction of sp³-hybridized carbons (Fsp3) is 0.105. The van der Waals surface area contributed by atoms with Crippen LogP contribution in [0.5, 0.6) is 5.75 Å². The Morgan fingerprint density at radius 1 is 1.04 bits per heavy atom. The Bertz CT molecular complexity index is 997. The van der Waals surface area contributed by atoms with Gasteiger partial charge in [0.1, 0.15) is 11.6 Å². The monoisotopic (exact) mass is 331 g/mol. The maximum absolute atomic E-state index is 5.31. The van der Waals surface area contributed by atoms with E-state index in [0.29, 0.717) is 6.54 Å². The van der Waals surface area contributed by atoms with Crippen LogP contribution >= 0.6 is 0 Å². The summed E-state index contributed by atoms with van der Waals surface area (Å²) in [6.07, 6.45) is 5.39. The Balaban J connectivity index is 1.68. The van der Waals surface area contributed by atoms with Crippen molar-refractivity contribution in [1.29, 1.82) is 0 Å². The van der Waals surface area contributed by atoms with Crippen LogP contribution in [0.1, 0.15) is 5.69 Å². The Morgan fingerprint density at radius 3 is 2.84 bits per heavy atom. The summed E-state index contributed by atoms with van der Waals surface area (Å²) >= 11 is 0. The molecular weight excluding hydrogens is 314 g/mol. The van der Waals surface area contributed by atoms with Crippen LogP contribution in [0.3, 0.4) is 0 Å². The van der Waals surface area contributed by atoms with E-state index in [1.165, 1.54) is 0 Å². The fourth-order valence-electron chi connectivity index (χ4n) is 2.70. The number of hydrogen-bond acceptors (Lipinski definition) is 5. The first-order valence-corrected chi connectivity index (χ1v) is 7.96. The molecule has 0 saturated heterocycles. The first-order chi connectivity index (χ1) is 12.3. The molecule has 3 aromatic heterocycles. The van der Waals surface area contributed by atoms with Crippen LogP contribution in [-0.2, 0) is 6.54 Å². The zero-order valence-corrected chi connectivity index (χ0v) is 13.8. The normalized spacial score (nSPS) is 10.8. The topological polar surface area (TPSA) is 64.3 Å². The van der Waals surface area contributed by atoms with E-state index >= 15 is 0 Å². The van der Waals surface area contributed by atoms with Gasteiger partial charge in [-0.05, 0) is 35.9 Å². The molecule has 4 aromatic rings. The third kappa shape index (κ3) is 3.01. The highest BCUT2D eigenvalue weighted by atomic mass is 16.5. The predicted octanol–water partition coefficient (Wildman–Crippen LogP) is 3.41. The lowest BCUT2D eigenvalue weighted by atomic mass is 10.1. The molecule has 0 unspecified atom stereocenters. The van der Waals surface area contributed by atoms with Crippen molar-refractivity contribution < 1.29 is 4.74 Å². The van der Waals surface area contributed by atoms with Gasteiger partial charge in [0.25, 0.3) is 0 Å². The minimum Gasteiger partial charge on any atom is -0.497 e. The smallest absolute Gasteiger partial charge is 0.165 e. The van der Waals surface area contributed by atoms with Crippen molar-refractivity contribution in [3.8, 4) is 16.9 Å². The maximum Gasteiger partial charge on any atom is 0.165 e. The summed E-state index contributed by atoms with van der Waals surface area (Å²) in [5, 5.41) is 7.86. The molecule has 25 heavy (non-hydrogen) atoms. The standard InChI is InChI=1S/C19H17N5O/c1-25-16-7-4-5-14(11-16)17-13-23-24-18(8-10-21-19(17)24)22-12-15-6-2-3-9-20-15/h2-11,13,22H,12H2,1H3. The molecule has 0 aliphatic rings. The molecule has 0 radical (unpaired) electrons. The third-order valence-electron chi connectivity index (χ3n) is 3.96. The van der Waals surface area contributed by atoms with E-state index < -0.39 is 0 Å². The summed E-state index contributed by atoms with van der Waals surface area (Å²) in [7, 11) is 1.66. The first-order valence-electron chi connectivity index (χ1n) is 7.96. The molecule has 0 amide bonds. The predicted molar refractivity (Wildman–Crippen MR) is 96.5 cm³/mol. The van der Waals surface area contributed by atoms with Crippen LogP contribution < -0.4 is 10.1 Å². The summed E-state index contributed by atoms with van der Waals surface area (Å²) in [4.78, 5) is 8.82. The van der Waals surface area contributed by atoms with E-state index in [1.807, 2.05) is 54.7 Å². The molecule has 4 rings (SSSR count). The Labute approximate surface area is 145 Å². The van der Waals surface area contributed by atoms with Gasteiger partial charge < -0.3 is 10.1 Å². The van der Waals surface area contributed by atoms with Crippen molar-refractivity contribution in [1.82, 2.24) is 19.6 Å². The number of ether oxygens (including phenoxy) is 1. The average molecular weight is 331 g/mol. The molecule has 0 fully saturated rings. The lowest BCUT2D eigenvalue weighted by Gasteiger charge is -2.08. The molecule has 0 bridgehead atoms. The van der Waals surface area contributed by atoms with Crippen LogP contribution in [0.25, 0.3) is 16.8 Å². The summed E-state index contributed by atoms with van der Waals surface area (Å²) in [5.41, 5.74) is 3.73. The molecule has 6 nitrogen and oxygen atoms in total. The van der Waals surface area contributed by atoms with Crippen molar-refractivity contribution >= 4 is 11.5 Å². The van der Waals surface area contributed by atoms with Crippen LogP contribution in [-0.4, -0.2) is 26.7 Å². The summed E-state index contributed by atoms with van der Waals surface area (Å²) in [6, 6.07) is 15.6. The molecule has 3 heterocycles. The van der Waals surface area contributed by atoms with E-state index in [2.05, 4.69) is 20.4 Å². The Kier molecular flexibility index (Phi) is 4.00. The molecule has 0 aliphatic carbocycles. The van der Waals surface area contributed by atoms with E-state index in [-0.39, 0.29) is 0 Å². The highest BCUT2D eigenvalue weighted by Gasteiger charge is 2.11. The lowest BCUT2D eigenvalue weighted by molar-refractivity contribution is 0.415. The number of aromatic nitrogens is 4. The molecular formula is C19H17N5O. The molecule has 6 heteroatoms. The average Bonchev–Trinajstić information content (AvgIpc) is 3.12. The van der Waals surface area contributed by atoms with Gasteiger partial charge in [0.05, 0.1) is 25.5 Å². The summed E-state index contributed by atoms with van der Waals surface area (Å²) in [5.74, 6) is 1.67. The number of nitrogens with zero attached hydrogens (tertiary/aromatic N) is 4. The zero-order chi connectivity index (χ0) is 17.1.